The van der Waals surface area contributed by atoms with Crippen LogP contribution < -0.4 is 4.74 Å². The van der Waals surface area contributed by atoms with E-state index in [2.05, 4.69) is 6.92 Å². The second kappa shape index (κ2) is 11.8. The van der Waals surface area contributed by atoms with Crippen molar-refractivity contribution in [2.24, 2.45) is 0 Å². The molecule has 0 atom stereocenters. The van der Waals surface area contributed by atoms with Crippen LogP contribution in [0.15, 0.2) is 48.5 Å². The lowest BCUT2D eigenvalue weighted by atomic mass is 9.99. The Kier molecular flexibility index (Phi) is 9.05. The molecular weight excluding hydrogens is 356 g/mol. The molecule has 2 rings (SSSR count). The fourth-order valence-electron chi connectivity index (χ4n) is 2.97. The lowest BCUT2D eigenvalue weighted by Crippen LogP contribution is -2.12. The van der Waals surface area contributed by atoms with Gasteiger partial charge in [0, 0.05) is 0 Å². The van der Waals surface area contributed by atoms with Gasteiger partial charge in [0.05, 0.1) is 12.2 Å². The van der Waals surface area contributed by atoms with Crippen LogP contribution in [0.4, 0.5) is 4.79 Å². The molecule has 5 nitrogen and oxygen atoms in total. The molecule has 0 spiro atoms. The summed E-state index contributed by atoms with van der Waals surface area (Å²) in [5.41, 5.74) is 1.42. The molecular formula is C23H28O5. The van der Waals surface area contributed by atoms with Gasteiger partial charge in [0.15, 0.2) is 0 Å². The van der Waals surface area contributed by atoms with Gasteiger partial charge < -0.3 is 14.6 Å². The lowest BCUT2D eigenvalue weighted by molar-refractivity contribution is 0.0695. The largest absolute Gasteiger partial charge is 0.513 e. The average Bonchev–Trinajstić information content (AvgIpc) is 2.70. The van der Waals surface area contributed by atoms with Crippen molar-refractivity contribution >= 4 is 12.1 Å². The van der Waals surface area contributed by atoms with Crippen LogP contribution >= 0.6 is 0 Å². The molecule has 2 aromatic rings. The van der Waals surface area contributed by atoms with E-state index in [1.165, 1.54) is 31.7 Å². The Balaban J connectivity index is 1.84. The van der Waals surface area contributed by atoms with E-state index >= 15 is 0 Å². The summed E-state index contributed by atoms with van der Waals surface area (Å²) in [5, 5.41) is 9.49. The first-order chi connectivity index (χ1) is 13.6. The predicted octanol–water partition coefficient (Wildman–Crippen LogP) is 6.32. The van der Waals surface area contributed by atoms with Crippen molar-refractivity contribution in [3.63, 3.8) is 0 Å². The van der Waals surface area contributed by atoms with E-state index in [0.717, 1.165) is 24.8 Å². The van der Waals surface area contributed by atoms with E-state index in [1.807, 2.05) is 30.3 Å². The first kappa shape index (κ1) is 21.5. The Morgan fingerprint density at radius 1 is 0.893 bits per heavy atom. The number of carboxylic acid groups (broad SMARTS) is 1. The zero-order valence-electron chi connectivity index (χ0n) is 16.4. The van der Waals surface area contributed by atoms with Gasteiger partial charge in [-0.3, -0.25) is 0 Å². The summed E-state index contributed by atoms with van der Waals surface area (Å²) in [7, 11) is 0. The van der Waals surface area contributed by atoms with Gasteiger partial charge in [-0.15, -0.1) is 0 Å². The normalized spacial score (nSPS) is 10.5. The first-order valence-electron chi connectivity index (χ1n) is 9.89. The number of rotatable bonds is 11. The van der Waals surface area contributed by atoms with E-state index in [-0.39, 0.29) is 11.3 Å². The average molecular weight is 384 g/mol. The van der Waals surface area contributed by atoms with Crippen LogP contribution in [-0.4, -0.2) is 23.8 Å². The fourth-order valence-corrected chi connectivity index (χ4v) is 2.97. The van der Waals surface area contributed by atoms with E-state index in [4.69, 9.17) is 9.47 Å². The molecule has 1 N–H and O–H groups in total. The maximum atomic E-state index is 11.8. The molecule has 0 bridgehead atoms. The van der Waals surface area contributed by atoms with E-state index in [9.17, 15) is 14.7 Å². The highest BCUT2D eigenvalue weighted by atomic mass is 16.7. The van der Waals surface area contributed by atoms with Gasteiger partial charge in [-0.25, -0.2) is 9.59 Å². The quantitative estimate of drug-likeness (QED) is 0.279. The number of hydrogen-bond donors (Lipinski definition) is 1. The van der Waals surface area contributed by atoms with E-state index in [0.29, 0.717) is 12.2 Å². The number of hydrogen-bond acceptors (Lipinski definition) is 4. The van der Waals surface area contributed by atoms with Gasteiger partial charge in [-0.2, -0.15) is 0 Å². The molecule has 150 valence electrons. The summed E-state index contributed by atoms with van der Waals surface area (Å²) in [4.78, 5) is 23.4. The van der Waals surface area contributed by atoms with Crippen LogP contribution in [0.3, 0.4) is 0 Å². The second-order valence-electron chi connectivity index (χ2n) is 6.70. The van der Waals surface area contributed by atoms with Crippen LogP contribution in [0.25, 0.3) is 11.1 Å². The summed E-state index contributed by atoms with van der Waals surface area (Å²) < 4.78 is 10.2. The van der Waals surface area contributed by atoms with Crippen LogP contribution in [0.1, 0.15) is 62.2 Å². The monoisotopic (exact) mass is 384 g/mol. The molecule has 28 heavy (non-hydrogen) atoms. The third-order valence-electron chi connectivity index (χ3n) is 4.48. The molecule has 0 unspecified atom stereocenters. The van der Waals surface area contributed by atoms with Crippen molar-refractivity contribution in [1.82, 2.24) is 0 Å². The van der Waals surface area contributed by atoms with Crippen LogP contribution in [-0.2, 0) is 4.74 Å². The van der Waals surface area contributed by atoms with Crippen molar-refractivity contribution in [3.05, 3.63) is 54.1 Å². The van der Waals surface area contributed by atoms with Gasteiger partial charge in [0.2, 0.25) is 0 Å². The third-order valence-corrected chi connectivity index (χ3v) is 4.48. The number of aromatic carboxylic acids is 1. The summed E-state index contributed by atoms with van der Waals surface area (Å²) in [6.07, 6.45) is 7.11. The molecule has 0 radical (unpaired) electrons. The standard InChI is InChI=1S/C23H28O5/c1-2-3-4-5-6-7-11-16-27-23(26)28-19-14-15-20(21(17-19)22(24)25)18-12-9-8-10-13-18/h8-10,12-15,17H,2-7,11,16H2,1H3,(H,24,25). The molecule has 0 aliphatic heterocycles. The Bertz CT molecular complexity index is 755. The minimum absolute atomic E-state index is 0.0728. The summed E-state index contributed by atoms with van der Waals surface area (Å²) in [6, 6.07) is 13.8. The molecule has 0 aromatic heterocycles. The van der Waals surface area contributed by atoms with Crippen LogP contribution in [0.2, 0.25) is 0 Å². The van der Waals surface area contributed by atoms with Gasteiger partial charge in [-0.1, -0.05) is 75.8 Å². The topological polar surface area (TPSA) is 72.8 Å². The highest BCUT2D eigenvalue weighted by molar-refractivity contribution is 5.96. The SMILES string of the molecule is CCCCCCCCCOC(=O)Oc1ccc(-c2ccccc2)c(C(=O)O)c1. The Hall–Kier alpha value is -2.82. The number of carboxylic acids is 1. The molecule has 0 amide bonds. The molecule has 0 saturated heterocycles. The number of unbranched alkanes of at least 4 members (excludes halogenated alkanes) is 6. The molecule has 0 aliphatic rings. The minimum Gasteiger partial charge on any atom is -0.478 e. The number of carbonyl (C=O) groups excluding carboxylic acids is 1. The van der Waals surface area contributed by atoms with Crippen molar-refractivity contribution in [2.45, 2.75) is 51.9 Å². The first-order valence-corrected chi connectivity index (χ1v) is 9.89. The van der Waals surface area contributed by atoms with Gasteiger partial charge in [0.25, 0.3) is 0 Å². The van der Waals surface area contributed by atoms with Gasteiger partial charge in [0.1, 0.15) is 5.75 Å². The lowest BCUT2D eigenvalue weighted by Gasteiger charge is -2.10. The highest BCUT2D eigenvalue weighted by Gasteiger charge is 2.15. The van der Waals surface area contributed by atoms with E-state index in [1.54, 1.807) is 12.1 Å². The minimum atomic E-state index is -1.08. The zero-order valence-corrected chi connectivity index (χ0v) is 16.4. The van der Waals surface area contributed by atoms with Gasteiger partial charge in [-0.05, 0) is 35.7 Å². The Morgan fingerprint density at radius 2 is 1.57 bits per heavy atom. The van der Waals surface area contributed by atoms with Crippen molar-refractivity contribution < 1.29 is 24.2 Å². The van der Waals surface area contributed by atoms with Crippen LogP contribution in [0, 0.1) is 0 Å². The Labute approximate surface area is 166 Å². The molecule has 0 fully saturated rings. The van der Waals surface area contributed by atoms with Crippen LogP contribution in [0.5, 0.6) is 5.75 Å². The summed E-state index contributed by atoms with van der Waals surface area (Å²) in [6.45, 7) is 2.49. The van der Waals surface area contributed by atoms with Crippen molar-refractivity contribution in [1.29, 1.82) is 0 Å². The highest BCUT2D eigenvalue weighted by Crippen LogP contribution is 2.27. The maximum Gasteiger partial charge on any atom is 0.513 e. The maximum absolute atomic E-state index is 11.8. The molecule has 0 heterocycles. The van der Waals surface area contributed by atoms with E-state index < -0.39 is 12.1 Å². The molecule has 2 aromatic carbocycles. The van der Waals surface area contributed by atoms with Crippen molar-refractivity contribution in [3.8, 4) is 16.9 Å². The molecule has 5 heteroatoms. The number of benzene rings is 2. The smallest absolute Gasteiger partial charge is 0.478 e. The van der Waals surface area contributed by atoms with Gasteiger partial charge >= 0.3 is 12.1 Å². The number of carbonyl (C=O) groups is 2. The fraction of sp³-hybridized carbons (Fsp3) is 0.391. The zero-order chi connectivity index (χ0) is 20.2. The molecule has 0 saturated carbocycles. The summed E-state index contributed by atoms with van der Waals surface area (Å²) in [5.74, 6) is -0.928. The third kappa shape index (κ3) is 7.06. The number of ether oxygens (including phenoxy) is 2. The Morgan fingerprint density at radius 3 is 2.25 bits per heavy atom. The summed E-state index contributed by atoms with van der Waals surface area (Å²) >= 11 is 0. The van der Waals surface area contributed by atoms with Crippen molar-refractivity contribution in [2.75, 3.05) is 6.61 Å². The predicted molar refractivity (Wildman–Crippen MR) is 109 cm³/mol. The second-order valence-corrected chi connectivity index (χ2v) is 6.70. The molecule has 0 aliphatic carbocycles.